The molecule has 0 saturated heterocycles. The van der Waals surface area contributed by atoms with Crippen LogP contribution in [0.4, 0.5) is 0 Å². The summed E-state index contributed by atoms with van der Waals surface area (Å²) in [5, 5.41) is 5.63. The van der Waals surface area contributed by atoms with Gasteiger partial charge < -0.3 is 29.2 Å². The molecule has 5 rings (SSSR count). The van der Waals surface area contributed by atoms with Gasteiger partial charge in [-0.25, -0.2) is 0 Å². The van der Waals surface area contributed by atoms with Crippen LogP contribution < -0.4 is 19.5 Å². The Balaban J connectivity index is 0.00000370. The summed E-state index contributed by atoms with van der Waals surface area (Å²) in [5.41, 5.74) is 3.13. The standard InChI is InChI=1S/C32H32N2O5.ClH/c1-36-29-15-7-8-16-30(29)39-24(18-23-10-3-2-4-11-23)19-33-20-25(38-22-35)21-37-31-17-9-13-27-26-12-5-6-14-28(26)34-32(27)31;/h2-17,22,24-25,33-34H,18-21H2,1H3;1H. The number of hydrogen-bond acceptors (Lipinski definition) is 6. The molecule has 0 bridgehead atoms. The largest absolute Gasteiger partial charge is 0.493 e. The number of aromatic nitrogens is 1. The van der Waals surface area contributed by atoms with Crippen molar-refractivity contribution in [3.8, 4) is 17.2 Å². The summed E-state index contributed by atoms with van der Waals surface area (Å²) in [6.45, 7) is 1.61. The van der Waals surface area contributed by atoms with Crippen molar-refractivity contribution in [2.24, 2.45) is 0 Å². The molecule has 0 fully saturated rings. The molecular formula is C32H33ClN2O5. The Hall–Kier alpha value is -4.20. The summed E-state index contributed by atoms with van der Waals surface area (Å²) < 4.78 is 23.3. The maximum absolute atomic E-state index is 11.3. The first kappa shape index (κ1) is 28.8. The van der Waals surface area contributed by atoms with E-state index in [4.69, 9.17) is 18.9 Å². The molecule has 0 radical (unpaired) electrons. The molecule has 0 aliphatic carbocycles. The lowest BCUT2D eigenvalue weighted by Gasteiger charge is -2.23. The van der Waals surface area contributed by atoms with E-state index in [-0.39, 0.29) is 25.1 Å². The predicted molar refractivity (Wildman–Crippen MR) is 160 cm³/mol. The monoisotopic (exact) mass is 560 g/mol. The van der Waals surface area contributed by atoms with Gasteiger partial charge in [-0.3, -0.25) is 4.79 Å². The Bertz CT molecular complexity index is 1510. The summed E-state index contributed by atoms with van der Waals surface area (Å²) in [7, 11) is 1.63. The highest BCUT2D eigenvalue weighted by Crippen LogP contribution is 2.31. The van der Waals surface area contributed by atoms with E-state index in [1.165, 1.54) is 0 Å². The average Bonchev–Trinajstić information content (AvgIpc) is 3.36. The third kappa shape index (κ3) is 7.05. The molecule has 1 aromatic heterocycles. The number of rotatable bonds is 14. The van der Waals surface area contributed by atoms with Crippen LogP contribution in [0.5, 0.6) is 17.2 Å². The fourth-order valence-electron chi connectivity index (χ4n) is 4.71. The molecule has 0 aliphatic heterocycles. The quantitative estimate of drug-likeness (QED) is 0.163. The number of hydrogen-bond donors (Lipinski definition) is 2. The Morgan fingerprint density at radius 1 is 0.775 bits per heavy atom. The summed E-state index contributed by atoms with van der Waals surface area (Å²) >= 11 is 0. The molecule has 2 N–H and O–H groups in total. The van der Waals surface area contributed by atoms with E-state index in [0.29, 0.717) is 43.2 Å². The third-order valence-electron chi connectivity index (χ3n) is 6.59. The summed E-state index contributed by atoms with van der Waals surface area (Å²) in [6, 6.07) is 31.9. The van der Waals surface area contributed by atoms with Gasteiger partial charge in [-0.15, -0.1) is 12.4 Å². The summed E-state index contributed by atoms with van der Waals surface area (Å²) in [6.07, 6.45) is 0.0385. The van der Waals surface area contributed by atoms with Crippen LogP contribution in [0.25, 0.3) is 21.8 Å². The highest BCUT2D eigenvalue weighted by Gasteiger charge is 2.17. The van der Waals surface area contributed by atoms with E-state index in [2.05, 4.69) is 34.6 Å². The molecule has 8 heteroatoms. The lowest BCUT2D eigenvalue weighted by atomic mass is 10.1. The number of carbonyl (C=O) groups is 1. The first-order valence-electron chi connectivity index (χ1n) is 13.0. The van der Waals surface area contributed by atoms with E-state index in [1.54, 1.807) is 7.11 Å². The molecular weight excluding hydrogens is 528 g/mol. The van der Waals surface area contributed by atoms with Gasteiger partial charge in [0.2, 0.25) is 0 Å². The minimum Gasteiger partial charge on any atom is -0.493 e. The number of benzene rings is 4. The van der Waals surface area contributed by atoms with Crippen molar-refractivity contribution in [1.82, 2.24) is 10.3 Å². The SMILES string of the molecule is COc1ccccc1OC(CNCC(COc1cccc2c1[nH]c1ccccc12)OC=O)Cc1ccccc1.Cl. The highest BCUT2D eigenvalue weighted by molar-refractivity contribution is 6.09. The van der Waals surface area contributed by atoms with Gasteiger partial charge in [0, 0.05) is 35.8 Å². The van der Waals surface area contributed by atoms with Crippen molar-refractivity contribution in [3.05, 3.63) is 103 Å². The van der Waals surface area contributed by atoms with Crippen LogP contribution in [0.15, 0.2) is 97.1 Å². The van der Waals surface area contributed by atoms with Crippen molar-refractivity contribution < 1.29 is 23.7 Å². The molecule has 0 amide bonds. The normalized spacial score (nSPS) is 12.3. The molecule has 0 spiro atoms. The van der Waals surface area contributed by atoms with Crippen molar-refractivity contribution in [2.45, 2.75) is 18.6 Å². The number of aromatic amines is 1. The molecule has 4 aromatic carbocycles. The lowest BCUT2D eigenvalue weighted by molar-refractivity contribution is -0.134. The summed E-state index contributed by atoms with van der Waals surface area (Å²) in [5.74, 6) is 2.07. The van der Waals surface area contributed by atoms with Crippen LogP contribution in [0.1, 0.15) is 5.56 Å². The first-order chi connectivity index (χ1) is 19.2. The number of fused-ring (bicyclic) bond motifs is 3. The van der Waals surface area contributed by atoms with E-state index >= 15 is 0 Å². The van der Waals surface area contributed by atoms with Crippen molar-refractivity contribution >= 4 is 40.7 Å². The zero-order valence-corrected chi connectivity index (χ0v) is 23.1. The van der Waals surface area contributed by atoms with Gasteiger partial charge in [-0.2, -0.15) is 0 Å². The molecule has 0 aliphatic rings. The van der Waals surface area contributed by atoms with Gasteiger partial charge in [0.25, 0.3) is 6.47 Å². The Morgan fingerprint density at radius 2 is 1.45 bits per heavy atom. The van der Waals surface area contributed by atoms with E-state index < -0.39 is 6.10 Å². The second-order valence-electron chi connectivity index (χ2n) is 9.25. The van der Waals surface area contributed by atoms with Crippen LogP contribution >= 0.6 is 12.4 Å². The number of methoxy groups -OCH3 is 1. The maximum Gasteiger partial charge on any atom is 0.293 e. The third-order valence-corrected chi connectivity index (χ3v) is 6.59. The predicted octanol–water partition coefficient (Wildman–Crippen LogP) is 5.95. The molecule has 2 atom stereocenters. The van der Waals surface area contributed by atoms with Gasteiger partial charge in [-0.1, -0.05) is 72.8 Å². The minimum atomic E-state index is -0.481. The number of ether oxygens (including phenoxy) is 4. The topological polar surface area (TPSA) is 81.8 Å². The van der Waals surface area contributed by atoms with Gasteiger partial charge in [0.05, 0.1) is 12.6 Å². The number of H-pyrrole nitrogens is 1. The van der Waals surface area contributed by atoms with Gasteiger partial charge in [0.15, 0.2) is 11.5 Å². The molecule has 0 saturated carbocycles. The molecule has 5 aromatic rings. The van der Waals surface area contributed by atoms with Crippen molar-refractivity contribution in [1.29, 1.82) is 0 Å². The number of para-hydroxylation sites is 4. The highest BCUT2D eigenvalue weighted by atomic mass is 35.5. The van der Waals surface area contributed by atoms with Crippen LogP contribution in [0, 0.1) is 0 Å². The van der Waals surface area contributed by atoms with Crippen molar-refractivity contribution in [2.75, 3.05) is 26.8 Å². The molecule has 40 heavy (non-hydrogen) atoms. The Labute approximate surface area is 239 Å². The van der Waals surface area contributed by atoms with Gasteiger partial charge in [0.1, 0.15) is 24.6 Å². The zero-order chi connectivity index (χ0) is 26.9. The van der Waals surface area contributed by atoms with Crippen LogP contribution in [0.3, 0.4) is 0 Å². The summed E-state index contributed by atoms with van der Waals surface area (Å²) in [4.78, 5) is 14.7. The van der Waals surface area contributed by atoms with Gasteiger partial charge >= 0.3 is 0 Å². The maximum atomic E-state index is 11.3. The fourth-order valence-corrected chi connectivity index (χ4v) is 4.71. The second kappa shape index (κ2) is 14.3. The second-order valence-corrected chi connectivity index (χ2v) is 9.25. The first-order valence-corrected chi connectivity index (χ1v) is 13.0. The van der Waals surface area contributed by atoms with E-state index in [1.807, 2.05) is 72.8 Å². The Kier molecular flexibility index (Phi) is 10.3. The smallest absolute Gasteiger partial charge is 0.293 e. The zero-order valence-electron chi connectivity index (χ0n) is 22.2. The van der Waals surface area contributed by atoms with E-state index in [0.717, 1.165) is 27.4 Å². The molecule has 1 heterocycles. The van der Waals surface area contributed by atoms with Crippen LogP contribution in [-0.4, -0.2) is 50.5 Å². The van der Waals surface area contributed by atoms with Crippen molar-refractivity contribution in [3.63, 3.8) is 0 Å². The number of halogens is 1. The molecule has 7 nitrogen and oxygen atoms in total. The molecule has 208 valence electrons. The molecule has 2 unspecified atom stereocenters. The van der Waals surface area contributed by atoms with E-state index in [9.17, 15) is 4.79 Å². The van der Waals surface area contributed by atoms with Crippen LogP contribution in [-0.2, 0) is 16.0 Å². The fraction of sp³-hybridized carbons (Fsp3) is 0.219. The number of nitrogens with one attached hydrogen (secondary N) is 2. The van der Waals surface area contributed by atoms with Crippen LogP contribution in [0.2, 0.25) is 0 Å². The minimum absolute atomic E-state index is 0. The lowest BCUT2D eigenvalue weighted by Crippen LogP contribution is -2.40. The Morgan fingerprint density at radius 3 is 2.25 bits per heavy atom. The average molecular weight is 561 g/mol. The number of carbonyl (C=O) groups excluding carboxylic acids is 1. The van der Waals surface area contributed by atoms with Gasteiger partial charge in [-0.05, 0) is 29.8 Å².